The number of ketones is 2. The largest absolute Gasteiger partial charge is 0.497 e. The zero-order chi connectivity index (χ0) is 19.7. The minimum absolute atomic E-state index is 0.104. The molecule has 0 aliphatic heterocycles. The number of rotatable bonds is 3. The van der Waals surface area contributed by atoms with Crippen LogP contribution >= 0.6 is 15.9 Å². The van der Waals surface area contributed by atoms with Crippen molar-refractivity contribution >= 4 is 33.1 Å². The monoisotopic (exact) mass is 432 g/mol. The summed E-state index contributed by atoms with van der Waals surface area (Å²) >= 11 is 3.50. The van der Waals surface area contributed by atoms with Crippen molar-refractivity contribution in [3.63, 3.8) is 0 Å². The highest BCUT2D eigenvalue weighted by Gasteiger charge is 2.37. The second kappa shape index (κ2) is 7.56. The molecule has 1 atom stereocenters. The fourth-order valence-corrected chi connectivity index (χ4v) is 4.19. The fourth-order valence-electron chi connectivity index (χ4n) is 3.50. The molecule has 0 bridgehead atoms. The van der Waals surface area contributed by atoms with Crippen LogP contribution in [-0.4, -0.2) is 23.5 Å². The molecule has 28 heavy (non-hydrogen) atoms. The maximum Gasteiger partial charge on any atom is 0.191 e. The van der Waals surface area contributed by atoms with Crippen molar-refractivity contribution in [3.8, 4) is 5.75 Å². The number of benzene rings is 3. The molecule has 0 radical (unpaired) electrons. The fraction of sp³-hybridized carbons (Fsp3) is 0.0833. The normalized spacial score (nSPS) is 17.9. The van der Waals surface area contributed by atoms with Gasteiger partial charge in [0.15, 0.2) is 11.6 Å². The predicted molar refractivity (Wildman–Crippen MR) is 113 cm³/mol. The molecule has 1 aliphatic carbocycles. The molecule has 4 rings (SSSR count). The molecule has 0 amide bonds. The summed E-state index contributed by atoms with van der Waals surface area (Å²) in [5.74, 6) is 0.492. The number of alkyl halides is 1. The van der Waals surface area contributed by atoms with E-state index in [-0.39, 0.29) is 11.6 Å². The number of methoxy groups -OCH3 is 1. The summed E-state index contributed by atoms with van der Waals surface area (Å²) in [4.78, 5) is 25.7. The lowest BCUT2D eigenvalue weighted by molar-refractivity contribution is 0.0943. The van der Waals surface area contributed by atoms with Crippen LogP contribution in [0.4, 0.5) is 0 Å². The van der Waals surface area contributed by atoms with E-state index in [1.165, 1.54) is 0 Å². The van der Waals surface area contributed by atoms with Gasteiger partial charge in [0, 0.05) is 16.7 Å². The number of Topliss-reactive ketones (excluding diaryl/α,β-unsaturated/α-hetero) is 2. The number of fused-ring (bicyclic) bond motifs is 1. The Morgan fingerprint density at radius 3 is 2.00 bits per heavy atom. The first kappa shape index (κ1) is 18.4. The van der Waals surface area contributed by atoms with Gasteiger partial charge in [-0.25, -0.2) is 0 Å². The number of hydrogen-bond acceptors (Lipinski definition) is 3. The van der Waals surface area contributed by atoms with Gasteiger partial charge in [0.2, 0.25) is 0 Å². The SMILES string of the molecule is COc1ccc(/C(=C2\C(=O)c3ccccc3C(=O)C2Br)c2ccccc2)cc1. The minimum Gasteiger partial charge on any atom is -0.497 e. The molecule has 0 fully saturated rings. The lowest BCUT2D eigenvalue weighted by atomic mass is 9.80. The molecule has 0 saturated carbocycles. The summed E-state index contributed by atoms with van der Waals surface area (Å²) in [6.07, 6.45) is 0. The third kappa shape index (κ3) is 3.10. The summed E-state index contributed by atoms with van der Waals surface area (Å²) < 4.78 is 5.26. The number of allylic oxidation sites excluding steroid dienone is 1. The molecule has 4 heteroatoms. The van der Waals surface area contributed by atoms with E-state index in [0.29, 0.717) is 16.7 Å². The predicted octanol–water partition coefficient (Wildman–Crippen LogP) is 5.34. The van der Waals surface area contributed by atoms with Gasteiger partial charge < -0.3 is 4.74 Å². The van der Waals surface area contributed by atoms with E-state index in [9.17, 15) is 9.59 Å². The van der Waals surface area contributed by atoms with Gasteiger partial charge in [-0.1, -0.05) is 82.7 Å². The first-order chi connectivity index (χ1) is 13.6. The van der Waals surface area contributed by atoms with Gasteiger partial charge in [-0.05, 0) is 28.8 Å². The Morgan fingerprint density at radius 1 is 0.786 bits per heavy atom. The first-order valence-electron chi connectivity index (χ1n) is 8.88. The smallest absolute Gasteiger partial charge is 0.191 e. The maximum absolute atomic E-state index is 13.4. The summed E-state index contributed by atoms with van der Waals surface area (Å²) in [6, 6.07) is 24.2. The van der Waals surface area contributed by atoms with Gasteiger partial charge >= 0.3 is 0 Å². The second-order valence-corrected chi connectivity index (χ2v) is 7.40. The zero-order valence-corrected chi connectivity index (χ0v) is 16.8. The number of hydrogen-bond donors (Lipinski definition) is 0. The molecule has 0 spiro atoms. The van der Waals surface area contributed by atoms with Crippen LogP contribution in [0.2, 0.25) is 0 Å². The van der Waals surface area contributed by atoms with Gasteiger partial charge in [-0.3, -0.25) is 9.59 Å². The first-order valence-corrected chi connectivity index (χ1v) is 9.79. The van der Waals surface area contributed by atoms with Crippen LogP contribution in [0.15, 0.2) is 84.4 Å². The Bertz CT molecular complexity index is 1080. The molecular formula is C24H17BrO3. The van der Waals surface area contributed by atoms with E-state index in [1.54, 1.807) is 31.4 Å². The topological polar surface area (TPSA) is 43.4 Å². The lowest BCUT2D eigenvalue weighted by Crippen LogP contribution is -2.31. The van der Waals surface area contributed by atoms with Crippen molar-refractivity contribution in [1.29, 1.82) is 0 Å². The third-order valence-electron chi connectivity index (χ3n) is 4.88. The Morgan fingerprint density at radius 2 is 1.36 bits per heavy atom. The standard InChI is InChI=1S/C24H17BrO3/c1-28-17-13-11-16(12-14-17)20(15-7-3-2-4-8-15)21-22(25)24(27)19-10-6-5-9-18(19)23(21)26/h2-14,22H,1H3/b21-20-. The molecule has 3 aromatic rings. The Balaban J connectivity index is 2.01. The highest BCUT2D eigenvalue weighted by molar-refractivity contribution is 9.10. The molecule has 0 N–H and O–H groups in total. The molecule has 1 unspecified atom stereocenters. The minimum atomic E-state index is -0.702. The van der Waals surface area contributed by atoms with Crippen LogP contribution in [0, 0.1) is 0 Å². The Labute approximate surface area is 171 Å². The molecular weight excluding hydrogens is 416 g/mol. The number of carbonyl (C=O) groups excluding carboxylic acids is 2. The van der Waals surface area contributed by atoms with Crippen molar-refractivity contribution < 1.29 is 14.3 Å². The molecule has 3 nitrogen and oxygen atoms in total. The molecule has 3 aromatic carbocycles. The molecule has 138 valence electrons. The molecule has 0 aromatic heterocycles. The third-order valence-corrected chi connectivity index (χ3v) is 5.75. The van der Waals surface area contributed by atoms with Crippen LogP contribution in [0.5, 0.6) is 5.75 Å². The lowest BCUT2D eigenvalue weighted by Gasteiger charge is -2.25. The van der Waals surface area contributed by atoms with Gasteiger partial charge in [0.25, 0.3) is 0 Å². The van der Waals surface area contributed by atoms with Gasteiger partial charge in [-0.15, -0.1) is 0 Å². The maximum atomic E-state index is 13.4. The van der Waals surface area contributed by atoms with Crippen LogP contribution in [0.1, 0.15) is 31.8 Å². The van der Waals surface area contributed by atoms with E-state index in [0.717, 1.165) is 22.4 Å². The van der Waals surface area contributed by atoms with E-state index in [2.05, 4.69) is 15.9 Å². The van der Waals surface area contributed by atoms with Crippen LogP contribution in [0.25, 0.3) is 5.57 Å². The van der Waals surface area contributed by atoms with Crippen molar-refractivity contribution in [2.24, 2.45) is 0 Å². The summed E-state index contributed by atoms with van der Waals surface area (Å²) in [7, 11) is 1.61. The number of ether oxygens (including phenoxy) is 1. The van der Waals surface area contributed by atoms with Crippen LogP contribution in [-0.2, 0) is 0 Å². The second-order valence-electron chi connectivity index (χ2n) is 6.48. The average Bonchev–Trinajstić information content (AvgIpc) is 2.76. The van der Waals surface area contributed by atoms with E-state index < -0.39 is 4.83 Å². The van der Waals surface area contributed by atoms with E-state index >= 15 is 0 Å². The molecule has 0 heterocycles. The van der Waals surface area contributed by atoms with Crippen molar-refractivity contribution in [2.75, 3.05) is 7.11 Å². The van der Waals surface area contributed by atoms with Gasteiger partial charge in [0.1, 0.15) is 10.6 Å². The molecule has 1 aliphatic rings. The van der Waals surface area contributed by atoms with E-state index in [4.69, 9.17) is 4.74 Å². The van der Waals surface area contributed by atoms with Crippen molar-refractivity contribution in [2.45, 2.75) is 4.83 Å². The quantitative estimate of drug-likeness (QED) is 0.414. The summed E-state index contributed by atoms with van der Waals surface area (Å²) in [5, 5.41) is 0. The van der Waals surface area contributed by atoms with Crippen LogP contribution < -0.4 is 4.74 Å². The summed E-state index contributed by atoms with van der Waals surface area (Å²) in [6.45, 7) is 0. The molecule has 0 saturated heterocycles. The van der Waals surface area contributed by atoms with Crippen LogP contribution in [0.3, 0.4) is 0 Å². The van der Waals surface area contributed by atoms with Crippen molar-refractivity contribution in [3.05, 3.63) is 107 Å². The van der Waals surface area contributed by atoms with E-state index in [1.807, 2.05) is 54.6 Å². The highest BCUT2D eigenvalue weighted by atomic mass is 79.9. The number of carbonyl (C=O) groups is 2. The van der Waals surface area contributed by atoms with Crippen molar-refractivity contribution in [1.82, 2.24) is 0 Å². The zero-order valence-electron chi connectivity index (χ0n) is 15.2. The Kier molecular flexibility index (Phi) is 4.97. The average molecular weight is 433 g/mol. The van der Waals surface area contributed by atoms with Gasteiger partial charge in [0.05, 0.1) is 7.11 Å². The number of halogens is 1. The Hall–Kier alpha value is -2.98. The van der Waals surface area contributed by atoms with Gasteiger partial charge in [-0.2, -0.15) is 0 Å². The summed E-state index contributed by atoms with van der Waals surface area (Å²) in [5.41, 5.74) is 3.85. The highest BCUT2D eigenvalue weighted by Crippen LogP contribution is 2.38.